The zero-order chi connectivity index (χ0) is 13.5. The summed E-state index contributed by atoms with van der Waals surface area (Å²) in [5, 5.41) is 3.13. The predicted molar refractivity (Wildman–Crippen MR) is 74.4 cm³/mol. The molecule has 1 aliphatic rings. The van der Waals surface area contributed by atoms with Crippen LogP contribution < -0.4 is 11.1 Å². The second kappa shape index (κ2) is 7.71. The summed E-state index contributed by atoms with van der Waals surface area (Å²) in [6.45, 7) is 9.01. The Balaban J connectivity index is 2.39. The van der Waals surface area contributed by atoms with Crippen molar-refractivity contribution in [1.29, 1.82) is 0 Å². The number of carbonyl (C=O) groups is 1. The molecule has 0 aromatic carbocycles. The first-order valence-electron chi connectivity index (χ1n) is 7.03. The van der Waals surface area contributed by atoms with Crippen molar-refractivity contribution in [1.82, 2.24) is 15.1 Å². The van der Waals surface area contributed by atoms with Gasteiger partial charge in [0.25, 0.3) is 0 Å². The number of hydrogen-bond donors (Lipinski definition) is 2. The Kier molecular flexibility index (Phi) is 6.60. The molecule has 18 heavy (non-hydrogen) atoms. The summed E-state index contributed by atoms with van der Waals surface area (Å²) in [6.07, 6.45) is 2.55. The first-order chi connectivity index (χ1) is 8.58. The second-order valence-corrected chi connectivity index (χ2v) is 5.16. The highest BCUT2D eigenvalue weighted by Gasteiger charge is 2.25. The normalized spacial score (nSPS) is 22.6. The van der Waals surface area contributed by atoms with Crippen LogP contribution in [0.2, 0.25) is 0 Å². The van der Waals surface area contributed by atoms with Crippen LogP contribution in [0, 0.1) is 0 Å². The maximum atomic E-state index is 11.3. The Hall–Kier alpha value is -0.650. The van der Waals surface area contributed by atoms with Gasteiger partial charge in [-0.1, -0.05) is 13.8 Å². The molecule has 5 nitrogen and oxygen atoms in total. The topological polar surface area (TPSA) is 61.6 Å². The summed E-state index contributed by atoms with van der Waals surface area (Å²) >= 11 is 0. The van der Waals surface area contributed by atoms with Crippen molar-refractivity contribution in [3.63, 3.8) is 0 Å². The fraction of sp³-hybridized carbons (Fsp3) is 0.923. The molecule has 0 aromatic heterocycles. The van der Waals surface area contributed by atoms with Crippen molar-refractivity contribution in [2.75, 3.05) is 39.8 Å². The van der Waals surface area contributed by atoms with Gasteiger partial charge in [0, 0.05) is 19.1 Å². The predicted octanol–water partition coefficient (Wildman–Crippen LogP) is -0.134. The van der Waals surface area contributed by atoms with Gasteiger partial charge in [0.05, 0.1) is 6.04 Å². The monoisotopic (exact) mass is 256 g/mol. The third kappa shape index (κ3) is 4.55. The molecule has 1 aliphatic heterocycles. The van der Waals surface area contributed by atoms with E-state index in [0.29, 0.717) is 12.6 Å². The van der Waals surface area contributed by atoms with E-state index in [1.165, 1.54) is 19.4 Å². The van der Waals surface area contributed by atoms with Crippen LogP contribution in [0.25, 0.3) is 0 Å². The van der Waals surface area contributed by atoms with Crippen LogP contribution in [0.4, 0.5) is 0 Å². The van der Waals surface area contributed by atoms with Gasteiger partial charge in [0.2, 0.25) is 5.91 Å². The lowest BCUT2D eigenvalue weighted by Gasteiger charge is -2.29. The summed E-state index contributed by atoms with van der Waals surface area (Å²) in [5.41, 5.74) is 5.39. The molecule has 1 fully saturated rings. The van der Waals surface area contributed by atoms with Gasteiger partial charge in [-0.3, -0.25) is 9.69 Å². The Morgan fingerprint density at radius 1 is 1.56 bits per heavy atom. The van der Waals surface area contributed by atoms with Crippen LogP contribution in [0.5, 0.6) is 0 Å². The fourth-order valence-corrected chi connectivity index (χ4v) is 2.77. The number of carbonyl (C=O) groups excluding carboxylic acids is 1. The lowest BCUT2D eigenvalue weighted by molar-refractivity contribution is -0.120. The molecule has 0 saturated carbocycles. The van der Waals surface area contributed by atoms with E-state index < -0.39 is 0 Å². The Labute approximate surface area is 111 Å². The first-order valence-corrected chi connectivity index (χ1v) is 7.03. The number of primary amides is 1. The highest BCUT2D eigenvalue weighted by Crippen LogP contribution is 2.17. The number of likely N-dealkylation sites (N-methyl/N-ethyl adjacent to an activating group) is 3. The SMILES string of the molecule is CCNC(CN(C)CC1CCCN1CC)C(N)=O. The molecule has 0 aromatic rings. The Bertz CT molecular complexity index is 259. The third-order valence-electron chi connectivity index (χ3n) is 3.72. The number of hydrogen-bond acceptors (Lipinski definition) is 4. The number of amides is 1. The number of nitrogens with zero attached hydrogens (tertiary/aromatic N) is 2. The number of rotatable bonds is 8. The molecule has 0 aliphatic carbocycles. The van der Waals surface area contributed by atoms with Crippen LogP contribution in [0.1, 0.15) is 26.7 Å². The highest BCUT2D eigenvalue weighted by atomic mass is 16.1. The van der Waals surface area contributed by atoms with Crippen LogP contribution >= 0.6 is 0 Å². The summed E-state index contributed by atoms with van der Waals surface area (Å²) in [5.74, 6) is -0.262. The van der Waals surface area contributed by atoms with Gasteiger partial charge in [-0.05, 0) is 39.5 Å². The smallest absolute Gasteiger partial charge is 0.235 e. The van der Waals surface area contributed by atoms with Crippen LogP contribution in [-0.4, -0.2) is 67.6 Å². The second-order valence-electron chi connectivity index (χ2n) is 5.16. The molecule has 0 radical (unpaired) electrons. The molecule has 1 saturated heterocycles. The standard InChI is InChI=1S/C13H28N4O/c1-4-15-12(13(14)18)10-16(3)9-11-7-6-8-17(11)5-2/h11-12,15H,4-10H2,1-3H3,(H2,14,18). The zero-order valence-corrected chi connectivity index (χ0v) is 12.0. The maximum absolute atomic E-state index is 11.3. The van der Waals surface area contributed by atoms with E-state index in [-0.39, 0.29) is 11.9 Å². The Morgan fingerprint density at radius 2 is 2.28 bits per heavy atom. The molecule has 1 rings (SSSR count). The molecule has 3 N–H and O–H groups in total. The van der Waals surface area contributed by atoms with Gasteiger partial charge in [0.1, 0.15) is 0 Å². The fourth-order valence-electron chi connectivity index (χ4n) is 2.77. The van der Waals surface area contributed by atoms with Gasteiger partial charge in [-0.2, -0.15) is 0 Å². The lowest BCUT2D eigenvalue weighted by Crippen LogP contribution is -2.50. The Morgan fingerprint density at radius 3 is 2.83 bits per heavy atom. The van der Waals surface area contributed by atoms with E-state index in [1.54, 1.807) is 0 Å². The van der Waals surface area contributed by atoms with E-state index in [2.05, 4.69) is 29.1 Å². The molecule has 0 spiro atoms. The molecule has 2 unspecified atom stereocenters. The van der Waals surface area contributed by atoms with Crippen LogP contribution in [0.3, 0.4) is 0 Å². The van der Waals surface area contributed by atoms with E-state index >= 15 is 0 Å². The largest absolute Gasteiger partial charge is 0.368 e. The van der Waals surface area contributed by atoms with Gasteiger partial charge in [-0.25, -0.2) is 0 Å². The van der Waals surface area contributed by atoms with Crippen LogP contribution in [-0.2, 0) is 4.79 Å². The van der Waals surface area contributed by atoms with Crippen LogP contribution in [0.15, 0.2) is 0 Å². The van der Waals surface area contributed by atoms with Crippen molar-refractivity contribution >= 4 is 5.91 Å². The molecule has 106 valence electrons. The number of nitrogens with one attached hydrogen (secondary N) is 1. The van der Waals surface area contributed by atoms with E-state index in [0.717, 1.165) is 19.6 Å². The molecule has 5 heteroatoms. The van der Waals surface area contributed by atoms with E-state index in [4.69, 9.17) is 5.73 Å². The minimum absolute atomic E-state index is 0.239. The van der Waals surface area contributed by atoms with Crippen molar-refractivity contribution in [2.24, 2.45) is 5.73 Å². The zero-order valence-electron chi connectivity index (χ0n) is 12.0. The molecule has 1 amide bonds. The minimum Gasteiger partial charge on any atom is -0.368 e. The first kappa shape index (κ1) is 15.4. The van der Waals surface area contributed by atoms with E-state index in [9.17, 15) is 4.79 Å². The van der Waals surface area contributed by atoms with Gasteiger partial charge >= 0.3 is 0 Å². The highest BCUT2D eigenvalue weighted by molar-refractivity contribution is 5.80. The quantitative estimate of drug-likeness (QED) is 0.635. The number of nitrogens with two attached hydrogens (primary N) is 1. The third-order valence-corrected chi connectivity index (χ3v) is 3.72. The summed E-state index contributed by atoms with van der Waals surface area (Å²) < 4.78 is 0. The molecular formula is C13H28N4O. The van der Waals surface area contributed by atoms with E-state index in [1.807, 2.05) is 6.92 Å². The van der Waals surface area contributed by atoms with Crippen molar-refractivity contribution in [2.45, 2.75) is 38.8 Å². The van der Waals surface area contributed by atoms with Gasteiger partial charge in [-0.15, -0.1) is 0 Å². The molecule has 0 bridgehead atoms. The molecule has 1 heterocycles. The number of likely N-dealkylation sites (tertiary alicyclic amines) is 1. The van der Waals surface area contributed by atoms with Gasteiger partial charge in [0.15, 0.2) is 0 Å². The molecular weight excluding hydrogens is 228 g/mol. The maximum Gasteiger partial charge on any atom is 0.235 e. The van der Waals surface area contributed by atoms with Crippen molar-refractivity contribution in [3.05, 3.63) is 0 Å². The lowest BCUT2D eigenvalue weighted by atomic mass is 10.2. The van der Waals surface area contributed by atoms with Gasteiger partial charge < -0.3 is 16.0 Å². The average Bonchev–Trinajstić information content (AvgIpc) is 2.75. The summed E-state index contributed by atoms with van der Waals surface area (Å²) in [7, 11) is 2.07. The minimum atomic E-state index is -0.262. The molecule has 2 atom stereocenters. The van der Waals surface area contributed by atoms with Crippen molar-refractivity contribution in [3.8, 4) is 0 Å². The summed E-state index contributed by atoms with van der Waals surface area (Å²) in [4.78, 5) is 16.0. The average molecular weight is 256 g/mol. The van der Waals surface area contributed by atoms with Crippen molar-refractivity contribution < 1.29 is 4.79 Å². The summed E-state index contributed by atoms with van der Waals surface area (Å²) in [6, 6.07) is 0.395.